The predicted octanol–water partition coefficient (Wildman–Crippen LogP) is 8.57. The molecule has 0 unspecified atom stereocenters. The van der Waals surface area contributed by atoms with Gasteiger partial charge in [0.1, 0.15) is 7.14 Å². The van der Waals surface area contributed by atoms with Crippen molar-refractivity contribution in [3.63, 3.8) is 0 Å². The SMILES string of the molecule is CCCC[C@@H](O[Si](C)(C)C(C)(C)C)[C@@H](CP(=O)(c1ccccc1)c1ccccc1)[Si](C)(C)c1ccccc1. The van der Waals surface area contributed by atoms with E-state index < -0.39 is 23.5 Å². The Balaban J connectivity index is 2.22. The van der Waals surface area contributed by atoms with Gasteiger partial charge >= 0.3 is 0 Å². The van der Waals surface area contributed by atoms with Crippen LogP contribution in [-0.2, 0) is 8.99 Å². The first-order chi connectivity index (χ1) is 17.8. The molecule has 0 fully saturated rings. The number of benzene rings is 3. The first-order valence-corrected chi connectivity index (χ1v) is 22.1. The summed E-state index contributed by atoms with van der Waals surface area (Å²) in [6.07, 6.45) is 3.99. The summed E-state index contributed by atoms with van der Waals surface area (Å²) in [6, 6.07) is 31.4. The second kappa shape index (κ2) is 12.6. The Morgan fingerprint density at radius 2 is 1.21 bits per heavy atom. The highest BCUT2D eigenvalue weighted by molar-refractivity contribution is 7.78. The molecule has 0 saturated carbocycles. The van der Waals surface area contributed by atoms with Gasteiger partial charge in [-0.05, 0) is 30.1 Å². The molecule has 0 aliphatic rings. The molecule has 0 radical (unpaired) electrons. The Bertz CT molecular complexity index is 1130. The first kappa shape index (κ1) is 30.8. The summed E-state index contributed by atoms with van der Waals surface area (Å²) >= 11 is 0. The van der Waals surface area contributed by atoms with Crippen LogP contribution in [0.15, 0.2) is 91.0 Å². The van der Waals surface area contributed by atoms with Gasteiger partial charge in [0.05, 0.1) is 8.07 Å². The van der Waals surface area contributed by atoms with E-state index in [4.69, 9.17) is 4.43 Å². The molecular formula is C33H49O2PSi2. The van der Waals surface area contributed by atoms with Crippen LogP contribution in [0, 0.1) is 0 Å². The molecule has 0 heterocycles. The van der Waals surface area contributed by atoms with Crippen molar-refractivity contribution in [3.05, 3.63) is 91.0 Å². The molecule has 3 rings (SSSR count). The summed E-state index contributed by atoms with van der Waals surface area (Å²) < 4.78 is 22.8. The Kier molecular flexibility index (Phi) is 10.3. The summed E-state index contributed by atoms with van der Waals surface area (Å²) in [5.41, 5.74) is 0.205. The largest absolute Gasteiger partial charge is 0.414 e. The molecule has 2 atom stereocenters. The van der Waals surface area contributed by atoms with Gasteiger partial charge in [0.2, 0.25) is 0 Å². The molecule has 5 heteroatoms. The van der Waals surface area contributed by atoms with E-state index in [1.807, 2.05) is 36.4 Å². The molecular weight excluding hydrogens is 516 g/mol. The van der Waals surface area contributed by atoms with E-state index in [9.17, 15) is 0 Å². The molecule has 2 nitrogen and oxygen atoms in total. The van der Waals surface area contributed by atoms with Gasteiger partial charge in [0, 0.05) is 22.9 Å². The molecule has 0 amide bonds. The fourth-order valence-corrected chi connectivity index (χ4v) is 14.8. The average Bonchev–Trinajstić information content (AvgIpc) is 2.90. The summed E-state index contributed by atoms with van der Waals surface area (Å²) in [7, 11) is -7.11. The van der Waals surface area contributed by atoms with Crippen molar-refractivity contribution in [1.29, 1.82) is 0 Å². The van der Waals surface area contributed by atoms with Gasteiger partial charge < -0.3 is 8.99 Å². The lowest BCUT2D eigenvalue weighted by Crippen LogP contribution is -2.55. The Hall–Kier alpha value is -1.72. The molecule has 3 aromatic rings. The highest BCUT2D eigenvalue weighted by atomic mass is 31.2. The number of rotatable bonds is 12. The Morgan fingerprint density at radius 3 is 1.63 bits per heavy atom. The number of hydrogen-bond donors (Lipinski definition) is 0. The summed E-state index contributed by atoms with van der Waals surface area (Å²) in [5.74, 6) is 0. The van der Waals surface area contributed by atoms with Crippen LogP contribution in [-0.4, -0.2) is 28.7 Å². The quantitative estimate of drug-likeness (QED) is 0.163. The Labute approximate surface area is 234 Å². The second-order valence-corrected chi connectivity index (χ2v) is 25.2. The molecule has 0 aromatic heterocycles. The topological polar surface area (TPSA) is 26.3 Å². The molecule has 0 bridgehead atoms. The fraction of sp³-hybridized carbons (Fsp3) is 0.455. The van der Waals surface area contributed by atoms with E-state index in [-0.39, 0.29) is 16.7 Å². The van der Waals surface area contributed by atoms with Crippen LogP contribution in [0.25, 0.3) is 0 Å². The van der Waals surface area contributed by atoms with Gasteiger partial charge in [-0.1, -0.05) is 150 Å². The zero-order valence-electron chi connectivity index (χ0n) is 24.9. The van der Waals surface area contributed by atoms with Gasteiger partial charge in [-0.15, -0.1) is 0 Å². The maximum absolute atomic E-state index is 15.4. The van der Waals surface area contributed by atoms with Gasteiger partial charge in [-0.25, -0.2) is 0 Å². The van der Waals surface area contributed by atoms with Crippen molar-refractivity contribution in [2.45, 2.75) is 89.8 Å². The van der Waals surface area contributed by atoms with Crippen molar-refractivity contribution in [1.82, 2.24) is 0 Å². The molecule has 0 aliphatic heterocycles. The number of unbranched alkanes of at least 4 members (excludes halogenated alkanes) is 1. The van der Waals surface area contributed by atoms with Crippen LogP contribution in [0.3, 0.4) is 0 Å². The zero-order chi connectivity index (χ0) is 28.0. The highest BCUT2D eigenvalue weighted by Crippen LogP contribution is 2.51. The maximum atomic E-state index is 15.4. The van der Waals surface area contributed by atoms with Crippen molar-refractivity contribution in [2.75, 3.05) is 6.16 Å². The minimum atomic E-state index is -2.92. The van der Waals surface area contributed by atoms with Crippen molar-refractivity contribution < 1.29 is 8.99 Å². The van der Waals surface area contributed by atoms with E-state index >= 15 is 4.57 Å². The summed E-state index contributed by atoms with van der Waals surface area (Å²) in [5, 5.41) is 3.44. The normalized spacial score (nSPS) is 14.7. The third-order valence-corrected chi connectivity index (χ3v) is 21.1. The average molecular weight is 565 g/mol. The van der Waals surface area contributed by atoms with E-state index in [1.54, 1.807) is 0 Å². The smallest absolute Gasteiger partial charge is 0.192 e. The predicted molar refractivity (Wildman–Crippen MR) is 174 cm³/mol. The van der Waals surface area contributed by atoms with E-state index in [0.717, 1.165) is 29.9 Å². The fourth-order valence-electron chi connectivity index (χ4n) is 5.17. The minimum absolute atomic E-state index is 0.0819. The molecule has 3 aromatic carbocycles. The van der Waals surface area contributed by atoms with Crippen molar-refractivity contribution in [2.24, 2.45) is 0 Å². The third kappa shape index (κ3) is 7.07. The monoisotopic (exact) mass is 564 g/mol. The molecule has 0 spiro atoms. The highest BCUT2D eigenvalue weighted by Gasteiger charge is 2.47. The lowest BCUT2D eigenvalue weighted by molar-refractivity contribution is 0.162. The van der Waals surface area contributed by atoms with Crippen LogP contribution in [0.2, 0.25) is 36.8 Å². The van der Waals surface area contributed by atoms with Gasteiger partial charge in [-0.3, -0.25) is 0 Å². The number of hydrogen-bond acceptors (Lipinski definition) is 2. The molecule has 38 heavy (non-hydrogen) atoms. The minimum Gasteiger partial charge on any atom is -0.414 e. The summed E-state index contributed by atoms with van der Waals surface area (Å²) in [4.78, 5) is 0. The maximum Gasteiger partial charge on any atom is 0.192 e. The van der Waals surface area contributed by atoms with Crippen LogP contribution in [0.4, 0.5) is 0 Å². The van der Waals surface area contributed by atoms with Gasteiger partial charge in [-0.2, -0.15) is 0 Å². The lowest BCUT2D eigenvalue weighted by atomic mass is 10.1. The van der Waals surface area contributed by atoms with Crippen molar-refractivity contribution in [3.8, 4) is 0 Å². The third-order valence-electron chi connectivity index (χ3n) is 8.79. The Morgan fingerprint density at radius 1 is 0.763 bits per heavy atom. The van der Waals surface area contributed by atoms with Crippen LogP contribution in [0.1, 0.15) is 47.0 Å². The van der Waals surface area contributed by atoms with Crippen LogP contribution in [0.5, 0.6) is 0 Å². The van der Waals surface area contributed by atoms with E-state index in [1.165, 1.54) is 5.19 Å². The summed E-state index contributed by atoms with van der Waals surface area (Å²) in [6.45, 7) is 18.9. The van der Waals surface area contributed by atoms with Crippen LogP contribution < -0.4 is 15.8 Å². The van der Waals surface area contributed by atoms with Crippen molar-refractivity contribution >= 4 is 39.3 Å². The van der Waals surface area contributed by atoms with Gasteiger partial charge in [0.25, 0.3) is 0 Å². The molecule has 0 N–H and O–H groups in total. The lowest BCUT2D eigenvalue weighted by Gasteiger charge is -2.46. The second-order valence-electron chi connectivity index (χ2n) is 12.8. The molecule has 0 saturated heterocycles. The first-order valence-electron chi connectivity index (χ1n) is 14.3. The van der Waals surface area contributed by atoms with E-state index in [0.29, 0.717) is 6.16 Å². The zero-order valence-corrected chi connectivity index (χ0v) is 27.8. The van der Waals surface area contributed by atoms with E-state index in [2.05, 4.69) is 108 Å². The molecule has 206 valence electrons. The van der Waals surface area contributed by atoms with Crippen LogP contribution >= 0.6 is 7.14 Å². The standard InChI is InChI=1S/C33H49O2PSi2/c1-9-10-26-31(35-38(7,8)33(2,3)4)32(37(5,6)30-24-18-13-19-25-30)27-36(34,28-20-14-11-15-21-28)29-22-16-12-17-23-29/h11-25,31-32H,9-10,26-27H2,1-8H3/t31-,32-/m1/s1. The van der Waals surface area contributed by atoms with Gasteiger partial charge in [0.15, 0.2) is 8.32 Å². The molecule has 0 aliphatic carbocycles.